The Morgan fingerprint density at radius 3 is 2.19 bits per heavy atom. The predicted octanol–water partition coefficient (Wildman–Crippen LogP) is 4.60. The molecule has 0 spiro atoms. The fourth-order valence-corrected chi connectivity index (χ4v) is 3.72. The van der Waals surface area contributed by atoms with Crippen LogP contribution in [0.15, 0.2) is 91.1 Å². The van der Waals surface area contributed by atoms with E-state index < -0.39 is 6.04 Å². The number of hydrogen-bond acceptors (Lipinski definition) is 3. The molecule has 1 unspecified atom stereocenters. The molecule has 2 aromatic carbocycles. The molecule has 2 heterocycles. The Hall–Kier alpha value is -4.19. The number of pyridine rings is 1. The number of aromatic nitrogens is 2. The Morgan fingerprint density at radius 1 is 0.875 bits per heavy atom. The average Bonchev–Trinajstić information content (AvgIpc) is 3.13. The van der Waals surface area contributed by atoms with Gasteiger partial charge in [0.25, 0.3) is 11.8 Å². The molecule has 0 fully saturated rings. The summed E-state index contributed by atoms with van der Waals surface area (Å²) < 4.78 is 1.93. The van der Waals surface area contributed by atoms with Crippen LogP contribution < -0.4 is 10.6 Å². The van der Waals surface area contributed by atoms with Crippen LogP contribution in [0.1, 0.15) is 33.4 Å². The molecule has 6 nitrogen and oxygen atoms in total. The lowest BCUT2D eigenvalue weighted by Crippen LogP contribution is -2.37. The van der Waals surface area contributed by atoms with Crippen molar-refractivity contribution in [2.24, 2.45) is 0 Å². The first-order chi connectivity index (χ1) is 15.5. The molecule has 0 saturated heterocycles. The highest BCUT2D eigenvalue weighted by Gasteiger charge is 2.25. The molecule has 0 aliphatic heterocycles. The van der Waals surface area contributed by atoms with Crippen molar-refractivity contribution in [1.29, 1.82) is 0 Å². The molecule has 2 amide bonds. The minimum Gasteiger partial charge on any atom is -0.336 e. The van der Waals surface area contributed by atoms with E-state index in [2.05, 4.69) is 15.6 Å². The van der Waals surface area contributed by atoms with E-state index in [-0.39, 0.29) is 11.8 Å². The molecule has 0 saturated carbocycles. The summed E-state index contributed by atoms with van der Waals surface area (Å²) in [4.78, 5) is 30.8. The van der Waals surface area contributed by atoms with Crippen molar-refractivity contribution in [3.63, 3.8) is 0 Å². The van der Waals surface area contributed by atoms with E-state index in [1.165, 1.54) is 0 Å². The Labute approximate surface area is 186 Å². The number of carbonyl (C=O) groups excluding carboxylic acids is 2. The highest BCUT2D eigenvalue weighted by Crippen LogP contribution is 2.22. The van der Waals surface area contributed by atoms with Crippen molar-refractivity contribution >= 4 is 17.5 Å². The number of rotatable bonds is 6. The van der Waals surface area contributed by atoms with Crippen LogP contribution >= 0.6 is 0 Å². The maximum Gasteiger partial charge on any atom is 0.254 e. The fourth-order valence-electron chi connectivity index (χ4n) is 3.72. The summed E-state index contributed by atoms with van der Waals surface area (Å²) in [5.41, 5.74) is 3.51. The van der Waals surface area contributed by atoms with Gasteiger partial charge in [-0.25, -0.2) is 4.98 Å². The van der Waals surface area contributed by atoms with Gasteiger partial charge in [-0.05, 0) is 49.7 Å². The van der Waals surface area contributed by atoms with Crippen LogP contribution in [0.3, 0.4) is 0 Å². The summed E-state index contributed by atoms with van der Waals surface area (Å²) in [5, 5.41) is 5.80. The largest absolute Gasteiger partial charge is 0.336 e. The second kappa shape index (κ2) is 9.31. The van der Waals surface area contributed by atoms with Crippen LogP contribution in [0.2, 0.25) is 0 Å². The molecule has 2 aromatic heterocycles. The number of nitrogens with one attached hydrogen (secondary N) is 2. The SMILES string of the molecule is Cc1cc(C(=O)NC(C(=O)Nc2ccccc2)c2ccccc2)c(C)n1-c1ccccn1. The fraction of sp³-hybridized carbons (Fsp3) is 0.115. The molecule has 160 valence electrons. The van der Waals surface area contributed by atoms with E-state index >= 15 is 0 Å². The van der Waals surface area contributed by atoms with Crippen molar-refractivity contribution in [1.82, 2.24) is 14.9 Å². The van der Waals surface area contributed by atoms with Gasteiger partial charge in [-0.15, -0.1) is 0 Å². The van der Waals surface area contributed by atoms with Gasteiger partial charge in [0.05, 0.1) is 5.56 Å². The van der Waals surface area contributed by atoms with Crippen molar-refractivity contribution in [2.75, 3.05) is 5.32 Å². The van der Waals surface area contributed by atoms with Crippen LogP contribution in [0.25, 0.3) is 5.82 Å². The van der Waals surface area contributed by atoms with Crippen molar-refractivity contribution < 1.29 is 9.59 Å². The lowest BCUT2D eigenvalue weighted by Gasteiger charge is -2.19. The van der Waals surface area contributed by atoms with Gasteiger partial charge < -0.3 is 15.2 Å². The van der Waals surface area contributed by atoms with Crippen LogP contribution in [0, 0.1) is 13.8 Å². The predicted molar refractivity (Wildman–Crippen MR) is 125 cm³/mol. The number of carbonyl (C=O) groups is 2. The Bertz CT molecular complexity index is 1220. The summed E-state index contributed by atoms with van der Waals surface area (Å²) in [7, 11) is 0. The Balaban J connectivity index is 1.63. The number of anilines is 1. The minimum atomic E-state index is -0.846. The number of hydrogen-bond donors (Lipinski definition) is 2. The van der Waals surface area contributed by atoms with Gasteiger partial charge in [0, 0.05) is 23.3 Å². The smallest absolute Gasteiger partial charge is 0.254 e. The first-order valence-corrected chi connectivity index (χ1v) is 10.4. The van der Waals surface area contributed by atoms with Gasteiger partial charge in [-0.1, -0.05) is 54.6 Å². The summed E-state index contributed by atoms with van der Waals surface area (Å²) in [5.74, 6) is 0.106. The number of nitrogens with zero attached hydrogens (tertiary/aromatic N) is 2. The van der Waals surface area contributed by atoms with Crippen LogP contribution in [0.4, 0.5) is 5.69 Å². The molecule has 0 radical (unpaired) electrons. The van der Waals surface area contributed by atoms with Crippen molar-refractivity contribution in [3.8, 4) is 5.82 Å². The highest BCUT2D eigenvalue weighted by atomic mass is 16.2. The number of benzene rings is 2. The van der Waals surface area contributed by atoms with Gasteiger partial charge >= 0.3 is 0 Å². The van der Waals surface area contributed by atoms with Crippen LogP contribution in [-0.2, 0) is 4.79 Å². The minimum absolute atomic E-state index is 0.311. The Kier molecular flexibility index (Phi) is 6.12. The van der Waals surface area contributed by atoms with E-state index in [1.54, 1.807) is 6.20 Å². The molecule has 0 bridgehead atoms. The molecule has 2 N–H and O–H groups in total. The van der Waals surface area contributed by atoms with Crippen LogP contribution in [0.5, 0.6) is 0 Å². The highest BCUT2D eigenvalue weighted by molar-refractivity contribution is 6.02. The maximum atomic E-state index is 13.3. The molecule has 4 rings (SSSR count). The van der Waals surface area contributed by atoms with Crippen molar-refractivity contribution in [3.05, 3.63) is 114 Å². The molecular weight excluding hydrogens is 400 g/mol. The summed E-state index contributed by atoms with van der Waals surface area (Å²) in [6, 6.07) is 25.0. The lowest BCUT2D eigenvalue weighted by atomic mass is 10.1. The van der Waals surface area contributed by atoms with E-state index in [9.17, 15) is 9.59 Å². The molecule has 1 atom stereocenters. The first kappa shape index (κ1) is 21.1. The summed E-state index contributed by atoms with van der Waals surface area (Å²) in [6.45, 7) is 3.80. The monoisotopic (exact) mass is 424 g/mol. The standard InChI is InChI=1S/C26H24N4O2/c1-18-17-22(19(2)30(18)23-15-9-10-16-27-23)25(31)29-24(20-11-5-3-6-12-20)26(32)28-21-13-7-4-8-14-21/h3-17,24H,1-2H3,(H,28,32)(H,29,31). The van der Waals surface area contributed by atoms with E-state index in [0.29, 0.717) is 16.8 Å². The topological polar surface area (TPSA) is 76.0 Å². The Morgan fingerprint density at radius 2 is 1.53 bits per heavy atom. The van der Waals surface area contributed by atoms with E-state index in [1.807, 2.05) is 103 Å². The quantitative estimate of drug-likeness (QED) is 0.475. The first-order valence-electron chi connectivity index (χ1n) is 10.4. The zero-order chi connectivity index (χ0) is 22.5. The third-order valence-corrected chi connectivity index (χ3v) is 5.27. The maximum absolute atomic E-state index is 13.3. The van der Waals surface area contributed by atoms with Gasteiger partial charge in [-0.3, -0.25) is 9.59 Å². The summed E-state index contributed by atoms with van der Waals surface area (Å²) >= 11 is 0. The number of para-hydroxylation sites is 1. The molecule has 4 aromatic rings. The van der Waals surface area contributed by atoms with Gasteiger partial charge in [0.15, 0.2) is 0 Å². The van der Waals surface area contributed by atoms with Crippen LogP contribution in [-0.4, -0.2) is 21.4 Å². The van der Waals surface area contributed by atoms with Gasteiger partial charge in [0.2, 0.25) is 0 Å². The van der Waals surface area contributed by atoms with E-state index in [4.69, 9.17) is 0 Å². The summed E-state index contributed by atoms with van der Waals surface area (Å²) in [6.07, 6.45) is 1.72. The second-order valence-corrected chi connectivity index (χ2v) is 7.48. The van der Waals surface area contributed by atoms with Crippen molar-refractivity contribution in [2.45, 2.75) is 19.9 Å². The molecule has 0 aliphatic carbocycles. The second-order valence-electron chi connectivity index (χ2n) is 7.48. The molecule has 6 heteroatoms. The van der Waals surface area contributed by atoms with Gasteiger partial charge in [-0.2, -0.15) is 0 Å². The average molecular weight is 425 g/mol. The molecular formula is C26H24N4O2. The normalized spacial score (nSPS) is 11.6. The van der Waals surface area contributed by atoms with E-state index in [0.717, 1.165) is 17.2 Å². The third kappa shape index (κ3) is 4.44. The molecule has 0 aliphatic rings. The number of aryl methyl sites for hydroxylation is 1. The molecule has 32 heavy (non-hydrogen) atoms. The zero-order valence-corrected chi connectivity index (χ0v) is 17.9. The lowest BCUT2D eigenvalue weighted by molar-refractivity contribution is -0.118. The third-order valence-electron chi connectivity index (χ3n) is 5.27. The zero-order valence-electron chi connectivity index (χ0n) is 17.9. The van der Waals surface area contributed by atoms with Gasteiger partial charge in [0.1, 0.15) is 11.9 Å². The number of amides is 2.